The maximum absolute atomic E-state index is 13.6. The van der Waals surface area contributed by atoms with Crippen molar-refractivity contribution in [2.24, 2.45) is 0 Å². The molecule has 3 aliphatic rings. The van der Waals surface area contributed by atoms with Crippen molar-refractivity contribution in [2.75, 3.05) is 40.9 Å². The molecule has 1 amide bonds. The van der Waals surface area contributed by atoms with E-state index < -0.39 is 22.8 Å². The molecule has 5 rings (SSSR count). The Morgan fingerprint density at radius 2 is 1.62 bits per heavy atom. The molecule has 0 aromatic heterocycles. The summed E-state index contributed by atoms with van der Waals surface area (Å²) >= 11 is 5.67. The second kappa shape index (κ2) is 8.25. The topological polar surface area (TPSA) is 62.6 Å². The van der Waals surface area contributed by atoms with Crippen LogP contribution in [0.4, 0.5) is 30.2 Å². The average Bonchev–Trinajstić information content (AvgIpc) is 3.05. The van der Waals surface area contributed by atoms with Crippen LogP contribution in [0.5, 0.6) is 0 Å². The van der Waals surface area contributed by atoms with Crippen LogP contribution in [0, 0.1) is 11.3 Å². The smallest absolute Gasteiger partial charge is 0.369 e. The molecule has 2 saturated heterocycles. The van der Waals surface area contributed by atoms with Gasteiger partial charge < -0.3 is 15.1 Å². The van der Waals surface area contributed by atoms with Gasteiger partial charge in [-0.2, -0.15) is 18.4 Å². The minimum atomic E-state index is -4.72. The van der Waals surface area contributed by atoms with E-state index in [-0.39, 0.29) is 16.7 Å². The highest BCUT2D eigenvalue weighted by Gasteiger charge is 2.59. The third kappa shape index (κ3) is 3.51. The fourth-order valence-electron chi connectivity index (χ4n) is 4.95. The van der Waals surface area contributed by atoms with E-state index in [9.17, 15) is 18.0 Å². The molecule has 0 bridgehead atoms. The summed E-state index contributed by atoms with van der Waals surface area (Å²) < 4.78 is 40.7. The van der Waals surface area contributed by atoms with Crippen LogP contribution in [0.1, 0.15) is 30.4 Å². The largest absolute Gasteiger partial charge is 0.417 e. The summed E-state index contributed by atoms with van der Waals surface area (Å²) in [6, 6.07) is 12.7. The van der Waals surface area contributed by atoms with Crippen LogP contribution in [0.3, 0.4) is 0 Å². The Bertz CT molecular complexity index is 1180. The molecule has 1 spiro atoms. The molecule has 176 valence electrons. The molecule has 2 aromatic rings. The van der Waals surface area contributed by atoms with Gasteiger partial charge in [-0.3, -0.25) is 9.69 Å². The number of nitriles is 1. The number of hydrogen-bond donors (Lipinski definition) is 1. The van der Waals surface area contributed by atoms with Gasteiger partial charge in [0.2, 0.25) is 0 Å². The molecule has 1 N–H and O–H groups in total. The zero-order valence-electron chi connectivity index (χ0n) is 18.2. The summed E-state index contributed by atoms with van der Waals surface area (Å²) in [7, 11) is 0. The van der Waals surface area contributed by atoms with Gasteiger partial charge in [0, 0.05) is 37.6 Å². The maximum atomic E-state index is 13.6. The van der Waals surface area contributed by atoms with Crippen molar-refractivity contribution in [3.63, 3.8) is 0 Å². The van der Waals surface area contributed by atoms with Crippen LogP contribution in [-0.4, -0.2) is 42.7 Å². The second-order valence-electron chi connectivity index (χ2n) is 8.74. The van der Waals surface area contributed by atoms with E-state index in [1.165, 1.54) is 11.0 Å². The van der Waals surface area contributed by atoms with Crippen molar-refractivity contribution in [1.29, 1.82) is 5.26 Å². The number of carbonyl (C=O) groups excluding carboxylic acids is 1. The number of nitrogens with one attached hydrogen (secondary N) is 1. The van der Waals surface area contributed by atoms with Crippen LogP contribution in [0.25, 0.3) is 0 Å². The maximum Gasteiger partial charge on any atom is 0.417 e. The number of halogens is 3. The minimum Gasteiger partial charge on any atom is -0.369 e. The quantitative estimate of drug-likeness (QED) is 0.662. The first-order chi connectivity index (χ1) is 16.3. The Balaban J connectivity index is 1.51. The molecule has 2 heterocycles. The number of carbonyl (C=O) groups is 1. The highest BCUT2D eigenvalue weighted by molar-refractivity contribution is 7.81. The number of amides is 1. The van der Waals surface area contributed by atoms with Crippen molar-refractivity contribution in [2.45, 2.75) is 31.0 Å². The minimum absolute atomic E-state index is 0.0209. The molecule has 6 nitrogen and oxygen atoms in total. The SMILES string of the molecule is N#Cc1ccc(N2C(=O)C3(CCC3)N(c3ccc(N4CCNCC4)cc3)C2=S)cc1C(F)(F)F. The molecule has 0 unspecified atom stereocenters. The van der Waals surface area contributed by atoms with Crippen molar-refractivity contribution in [3.05, 3.63) is 53.6 Å². The Kier molecular flexibility index (Phi) is 5.49. The van der Waals surface area contributed by atoms with Crippen molar-refractivity contribution in [1.82, 2.24) is 5.32 Å². The van der Waals surface area contributed by atoms with Gasteiger partial charge >= 0.3 is 6.18 Å². The molecule has 0 radical (unpaired) electrons. The van der Waals surface area contributed by atoms with E-state index in [1.54, 1.807) is 11.0 Å². The first kappa shape index (κ1) is 22.6. The lowest BCUT2D eigenvalue weighted by Crippen LogP contribution is -2.55. The number of hydrogen-bond acceptors (Lipinski definition) is 5. The normalized spacial score (nSPS) is 20.0. The van der Waals surface area contributed by atoms with E-state index in [0.29, 0.717) is 12.8 Å². The molecule has 34 heavy (non-hydrogen) atoms. The van der Waals surface area contributed by atoms with Gasteiger partial charge in [0.25, 0.3) is 5.91 Å². The lowest BCUT2D eigenvalue weighted by Gasteiger charge is -2.43. The Morgan fingerprint density at radius 1 is 1.00 bits per heavy atom. The molecule has 10 heteroatoms. The first-order valence-corrected chi connectivity index (χ1v) is 11.5. The lowest BCUT2D eigenvalue weighted by molar-refractivity contribution is -0.137. The number of rotatable bonds is 3. The molecule has 1 saturated carbocycles. The third-order valence-electron chi connectivity index (χ3n) is 6.87. The van der Waals surface area contributed by atoms with Crippen LogP contribution in [-0.2, 0) is 11.0 Å². The molecule has 2 aromatic carbocycles. The van der Waals surface area contributed by atoms with Crippen molar-refractivity contribution in [3.8, 4) is 6.07 Å². The Morgan fingerprint density at radius 3 is 2.18 bits per heavy atom. The summed E-state index contributed by atoms with van der Waals surface area (Å²) in [5.41, 5.74) is -0.628. The monoisotopic (exact) mass is 485 g/mol. The number of alkyl halides is 3. The molecular weight excluding hydrogens is 463 g/mol. The fraction of sp³-hybridized carbons (Fsp3) is 0.375. The Hall–Kier alpha value is -3.16. The predicted octanol–water partition coefficient (Wildman–Crippen LogP) is 4.05. The fourth-order valence-corrected chi connectivity index (χ4v) is 5.42. The summed E-state index contributed by atoms with van der Waals surface area (Å²) in [6.45, 7) is 3.62. The van der Waals surface area contributed by atoms with Gasteiger partial charge in [-0.05, 0) is 73.9 Å². The van der Waals surface area contributed by atoms with Crippen molar-refractivity contribution < 1.29 is 18.0 Å². The van der Waals surface area contributed by atoms with E-state index in [1.807, 2.05) is 24.3 Å². The van der Waals surface area contributed by atoms with Gasteiger partial charge in [0.1, 0.15) is 5.54 Å². The zero-order chi connectivity index (χ0) is 24.1. The molecule has 0 atom stereocenters. The van der Waals surface area contributed by atoms with E-state index >= 15 is 0 Å². The summed E-state index contributed by atoms with van der Waals surface area (Å²) in [5.74, 6) is -0.326. The summed E-state index contributed by atoms with van der Waals surface area (Å²) in [4.78, 5) is 18.8. The number of thiocarbonyl (C=S) groups is 1. The Labute approximate surface area is 200 Å². The number of benzene rings is 2. The van der Waals surface area contributed by atoms with Gasteiger partial charge in [-0.25, -0.2) is 0 Å². The molecule has 1 aliphatic carbocycles. The highest BCUT2D eigenvalue weighted by atomic mass is 32.1. The van der Waals surface area contributed by atoms with Crippen LogP contribution >= 0.6 is 12.2 Å². The number of anilines is 3. The lowest BCUT2D eigenvalue weighted by atomic mass is 9.75. The number of piperazine rings is 1. The zero-order valence-corrected chi connectivity index (χ0v) is 19.0. The molecule has 2 aliphatic heterocycles. The number of nitrogens with zero attached hydrogens (tertiary/aromatic N) is 4. The van der Waals surface area contributed by atoms with Gasteiger partial charge in [0.15, 0.2) is 5.11 Å². The summed E-state index contributed by atoms with van der Waals surface area (Å²) in [5, 5.41) is 12.6. The van der Waals surface area contributed by atoms with Crippen molar-refractivity contribution >= 4 is 40.3 Å². The van der Waals surface area contributed by atoms with Crippen LogP contribution in [0.2, 0.25) is 0 Å². The van der Waals surface area contributed by atoms with Crippen LogP contribution < -0.4 is 20.0 Å². The van der Waals surface area contributed by atoms with Gasteiger partial charge in [-0.15, -0.1) is 0 Å². The second-order valence-corrected chi connectivity index (χ2v) is 9.10. The molecule has 3 fully saturated rings. The van der Waals surface area contributed by atoms with E-state index in [2.05, 4.69) is 10.2 Å². The predicted molar refractivity (Wildman–Crippen MR) is 127 cm³/mol. The standard InChI is InChI=1S/C24H22F3N5OS/c25-24(26,27)20-14-19(3-2-16(20)15-28)31-21(33)23(8-1-9-23)32(22(31)34)18-6-4-17(5-7-18)30-12-10-29-11-13-30/h2-7,14,29H,1,8-13H2. The van der Waals surface area contributed by atoms with Gasteiger partial charge in [-0.1, -0.05) is 0 Å². The van der Waals surface area contributed by atoms with E-state index in [4.69, 9.17) is 17.5 Å². The molecular formula is C24H22F3N5OS. The van der Waals surface area contributed by atoms with Gasteiger partial charge in [0.05, 0.1) is 22.9 Å². The highest BCUT2D eigenvalue weighted by Crippen LogP contribution is 2.48. The summed E-state index contributed by atoms with van der Waals surface area (Å²) in [6.07, 6.45) is -2.74. The average molecular weight is 486 g/mol. The first-order valence-electron chi connectivity index (χ1n) is 11.1. The van der Waals surface area contributed by atoms with Crippen LogP contribution in [0.15, 0.2) is 42.5 Å². The van der Waals surface area contributed by atoms with E-state index in [0.717, 1.165) is 56.1 Å². The third-order valence-corrected chi connectivity index (χ3v) is 7.23.